The number of piperazine rings is 1. The third-order valence-electron chi connectivity index (χ3n) is 6.62. The molecular formula is C26H32FN3O2. The summed E-state index contributed by atoms with van der Waals surface area (Å²) in [4.78, 5) is 19.2. The molecule has 2 fully saturated rings. The molecule has 2 aromatic rings. The minimum absolute atomic E-state index is 0.164. The SMILES string of the molecule is O=C(CN1CCC(O)(c2ccc(F)cc2)CC1)N1CCN(CC=Cc2ccccc2)CC1. The maximum Gasteiger partial charge on any atom is 0.236 e. The van der Waals surface area contributed by atoms with Crippen LogP contribution in [0, 0.1) is 5.82 Å². The molecule has 0 atom stereocenters. The molecule has 1 N–H and O–H groups in total. The predicted octanol–water partition coefficient (Wildman–Crippen LogP) is 2.97. The van der Waals surface area contributed by atoms with Crippen LogP contribution in [0.15, 0.2) is 60.7 Å². The van der Waals surface area contributed by atoms with Crippen LogP contribution < -0.4 is 0 Å². The molecule has 170 valence electrons. The summed E-state index contributed by atoms with van der Waals surface area (Å²) < 4.78 is 13.2. The lowest BCUT2D eigenvalue weighted by Crippen LogP contribution is -2.52. The minimum Gasteiger partial charge on any atom is -0.385 e. The number of carbonyl (C=O) groups excluding carboxylic acids is 1. The molecule has 2 heterocycles. The van der Waals surface area contributed by atoms with Crippen LogP contribution in [0.25, 0.3) is 6.08 Å². The lowest BCUT2D eigenvalue weighted by atomic mass is 9.84. The van der Waals surface area contributed by atoms with Crippen LogP contribution in [0.4, 0.5) is 4.39 Å². The number of piperidine rings is 1. The van der Waals surface area contributed by atoms with Crippen LogP contribution in [0.5, 0.6) is 0 Å². The summed E-state index contributed by atoms with van der Waals surface area (Å²) in [5.74, 6) is -0.135. The second kappa shape index (κ2) is 10.4. The lowest BCUT2D eigenvalue weighted by Gasteiger charge is -2.40. The first-order valence-electron chi connectivity index (χ1n) is 11.4. The number of hydrogen-bond acceptors (Lipinski definition) is 4. The Hall–Kier alpha value is -2.54. The first-order valence-corrected chi connectivity index (χ1v) is 11.4. The van der Waals surface area contributed by atoms with Crippen molar-refractivity contribution in [3.05, 3.63) is 77.6 Å². The summed E-state index contributed by atoms with van der Waals surface area (Å²) in [6, 6.07) is 16.4. The zero-order valence-electron chi connectivity index (χ0n) is 18.5. The molecule has 0 unspecified atom stereocenters. The van der Waals surface area contributed by atoms with Crippen LogP contribution in [-0.4, -0.2) is 78.1 Å². The summed E-state index contributed by atoms with van der Waals surface area (Å²) in [7, 11) is 0. The zero-order chi connectivity index (χ0) is 22.4. The van der Waals surface area contributed by atoms with E-state index in [1.54, 1.807) is 12.1 Å². The number of aliphatic hydroxyl groups is 1. The Morgan fingerprint density at radius 1 is 0.906 bits per heavy atom. The summed E-state index contributed by atoms with van der Waals surface area (Å²) in [5.41, 5.74) is 1.02. The maximum absolute atomic E-state index is 13.2. The molecule has 0 aliphatic carbocycles. The average molecular weight is 438 g/mol. The van der Waals surface area contributed by atoms with E-state index in [2.05, 4.69) is 34.1 Å². The molecule has 0 bridgehead atoms. The molecule has 2 aliphatic rings. The third-order valence-corrected chi connectivity index (χ3v) is 6.62. The summed E-state index contributed by atoms with van der Waals surface area (Å²) in [6.45, 7) is 5.88. The Kier molecular flexibility index (Phi) is 7.35. The molecule has 0 saturated carbocycles. The van der Waals surface area contributed by atoms with Gasteiger partial charge < -0.3 is 10.0 Å². The molecule has 2 aliphatic heterocycles. The molecule has 32 heavy (non-hydrogen) atoms. The van der Waals surface area contributed by atoms with Crippen LogP contribution in [0.3, 0.4) is 0 Å². The number of carbonyl (C=O) groups is 1. The van der Waals surface area contributed by atoms with Crippen molar-refractivity contribution in [2.24, 2.45) is 0 Å². The fourth-order valence-electron chi connectivity index (χ4n) is 4.50. The van der Waals surface area contributed by atoms with E-state index in [0.29, 0.717) is 32.5 Å². The number of likely N-dealkylation sites (tertiary alicyclic amines) is 1. The first-order chi connectivity index (χ1) is 15.5. The predicted molar refractivity (Wildman–Crippen MR) is 124 cm³/mol. The van der Waals surface area contributed by atoms with Crippen LogP contribution in [0.2, 0.25) is 0 Å². The van der Waals surface area contributed by atoms with Gasteiger partial charge in [-0.15, -0.1) is 0 Å². The molecule has 0 radical (unpaired) electrons. The fraction of sp³-hybridized carbons (Fsp3) is 0.423. The smallest absolute Gasteiger partial charge is 0.236 e. The van der Waals surface area contributed by atoms with Gasteiger partial charge in [0, 0.05) is 45.8 Å². The first kappa shape index (κ1) is 22.6. The van der Waals surface area contributed by atoms with Gasteiger partial charge in [-0.1, -0.05) is 54.6 Å². The van der Waals surface area contributed by atoms with Gasteiger partial charge in [0.05, 0.1) is 12.1 Å². The highest BCUT2D eigenvalue weighted by atomic mass is 19.1. The highest BCUT2D eigenvalue weighted by Crippen LogP contribution is 2.32. The van der Waals surface area contributed by atoms with Crippen molar-refractivity contribution in [1.82, 2.24) is 14.7 Å². The van der Waals surface area contributed by atoms with E-state index in [1.807, 2.05) is 23.1 Å². The number of amides is 1. The fourth-order valence-corrected chi connectivity index (χ4v) is 4.50. The van der Waals surface area contributed by atoms with Crippen molar-refractivity contribution in [1.29, 1.82) is 0 Å². The number of rotatable bonds is 6. The maximum atomic E-state index is 13.2. The Bertz CT molecular complexity index is 900. The summed E-state index contributed by atoms with van der Waals surface area (Å²) in [6.07, 6.45) is 5.42. The van der Waals surface area contributed by atoms with Gasteiger partial charge in [0.1, 0.15) is 5.82 Å². The van der Waals surface area contributed by atoms with Crippen molar-refractivity contribution in [2.75, 3.05) is 52.4 Å². The van der Waals surface area contributed by atoms with Gasteiger partial charge in [-0.3, -0.25) is 14.6 Å². The number of hydrogen-bond donors (Lipinski definition) is 1. The molecule has 0 aromatic heterocycles. The Balaban J connectivity index is 1.18. The van der Waals surface area contributed by atoms with E-state index < -0.39 is 5.60 Å². The van der Waals surface area contributed by atoms with E-state index in [-0.39, 0.29) is 11.7 Å². The van der Waals surface area contributed by atoms with Gasteiger partial charge in [0.2, 0.25) is 5.91 Å². The van der Waals surface area contributed by atoms with E-state index in [0.717, 1.165) is 38.3 Å². The van der Waals surface area contributed by atoms with Crippen molar-refractivity contribution >= 4 is 12.0 Å². The standard InChI is InChI=1S/C26H32FN3O2/c27-24-10-8-23(9-11-24)26(32)12-15-29(16-13-26)21-25(31)30-19-17-28(18-20-30)14-4-7-22-5-2-1-3-6-22/h1-11,32H,12-21H2. The molecule has 2 saturated heterocycles. The van der Waals surface area contributed by atoms with E-state index in [9.17, 15) is 14.3 Å². The molecule has 6 heteroatoms. The average Bonchev–Trinajstić information content (AvgIpc) is 2.82. The van der Waals surface area contributed by atoms with Gasteiger partial charge in [-0.2, -0.15) is 0 Å². The number of halogens is 1. The van der Waals surface area contributed by atoms with Crippen molar-refractivity contribution < 1.29 is 14.3 Å². The number of benzene rings is 2. The highest BCUT2D eigenvalue weighted by Gasteiger charge is 2.35. The van der Waals surface area contributed by atoms with Crippen LogP contribution in [0.1, 0.15) is 24.0 Å². The monoisotopic (exact) mass is 437 g/mol. The van der Waals surface area contributed by atoms with Gasteiger partial charge in [0.25, 0.3) is 0 Å². The molecule has 1 amide bonds. The van der Waals surface area contributed by atoms with Gasteiger partial charge >= 0.3 is 0 Å². The Morgan fingerprint density at radius 2 is 1.56 bits per heavy atom. The van der Waals surface area contributed by atoms with Gasteiger partial charge in [-0.05, 0) is 36.1 Å². The van der Waals surface area contributed by atoms with Crippen LogP contribution in [-0.2, 0) is 10.4 Å². The van der Waals surface area contributed by atoms with Crippen LogP contribution >= 0.6 is 0 Å². The van der Waals surface area contributed by atoms with Crippen molar-refractivity contribution in [2.45, 2.75) is 18.4 Å². The largest absolute Gasteiger partial charge is 0.385 e. The third kappa shape index (κ3) is 5.82. The van der Waals surface area contributed by atoms with E-state index in [1.165, 1.54) is 17.7 Å². The minimum atomic E-state index is -0.938. The van der Waals surface area contributed by atoms with Gasteiger partial charge in [-0.25, -0.2) is 4.39 Å². The molecule has 4 rings (SSSR count). The quantitative estimate of drug-likeness (QED) is 0.755. The summed E-state index contributed by atoms with van der Waals surface area (Å²) in [5, 5.41) is 11.0. The topological polar surface area (TPSA) is 47.0 Å². The molecular weight excluding hydrogens is 405 g/mol. The Labute approximate surface area is 189 Å². The van der Waals surface area contributed by atoms with E-state index >= 15 is 0 Å². The molecule has 0 spiro atoms. The molecule has 5 nitrogen and oxygen atoms in total. The highest BCUT2D eigenvalue weighted by molar-refractivity contribution is 5.78. The zero-order valence-corrected chi connectivity index (χ0v) is 18.5. The summed E-state index contributed by atoms with van der Waals surface area (Å²) >= 11 is 0. The second-order valence-corrected chi connectivity index (χ2v) is 8.81. The normalized spacial score (nSPS) is 20.0. The second-order valence-electron chi connectivity index (χ2n) is 8.81. The lowest BCUT2D eigenvalue weighted by molar-refractivity contribution is -0.135. The van der Waals surface area contributed by atoms with Gasteiger partial charge in [0.15, 0.2) is 0 Å². The number of nitrogens with zero attached hydrogens (tertiary/aromatic N) is 3. The van der Waals surface area contributed by atoms with Crippen molar-refractivity contribution in [3.63, 3.8) is 0 Å². The van der Waals surface area contributed by atoms with Crippen molar-refractivity contribution in [3.8, 4) is 0 Å². The Morgan fingerprint density at radius 3 is 2.22 bits per heavy atom. The molecule has 2 aromatic carbocycles. The van der Waals surface area contributed by atoms with E-state index in [4.69, 9.17) is 0 Å².